The average Bonchev–Trinajstić information content (AvgIpc) is 3.10. The maximum atomic E-state index is 4.34. The lowest BCUT2D eigenvalue weighted by Crippen LogP contribution is -2.43. The van der Waals surface area contributed by atoms with Crippen molar-refractivity contribution in [3.05, 3.63) is 24.3 Å². The van der Waals surface area contributed by atoms with Crippen molar-refractivity contribution in [3.8, 4) is 0 Å². The summed E-state index contributed by atoms with van der Waals surface area (Å²) in [6.45, 7) is 11.3. The molecule has 1 aromatic carbocycles. The second kappa shape index (κ2) is 12.0. The van der Waals surface area contributed by atoms with Gasteiger partial charge in [0.2, 0.25) is 0 Å². The van der Waals surface area contributed by atoms with Crippen LogP contribution in [0.1, 0.15) is 79.1 Å². The third kappa shape index (κ3) is 6.80. The van der Waals surface area contributed by atoms with Crippen LogP contribution in [0.15, 0.2) is 24.3 Å². The van der Waals surface area contributed by atoms with Crippen molar-refractivity contribution < 1.29 is 0 Å². The summed E-state index contributed by atoms with van der Waals surface area (Å²) in [5, 5.41) is 11.0. The van der Waals surface area contributed by atoms with Crippen molar-refractivity contribution >= 4 is 11.0 Å². The number of aromatic nitrogens is 3. The first-order valence-electron chi connectivity index (χ1n) is 11.0. The fraction of sp³-hybridized carbons (Fsp3) is 0.727. The summed E-state index contributed by atoms with van der Waals surface area (Å²) in [6.07, 6.45) is 10.2. The van der Waals surface area contributed by atoms with Gasteiger partial charge in [0.1, 0.15) is 11.0 Å². The first-order chi connectivity index (χ1) is 13.2. The number of nitrogens with one attached hydrogen (secondary N) is 1. The van der Waals surface area contributed by atoms with Gasteiger partial charge in [-0.15, -0.1) is 9.89 Å². The Balaban J connectivity index is 2.11. The Labute approximate surface area is 165 Å². The topological polar surface area (TPSA) is 46.0 Å². The van der Waals surface area contributed by atoms with Crippen LogP contribution in [0, 0.1) is 11.8 Å². The van der Waals surface area contributed by atoms with Gasteiger partial charge in [-0.05, 0) is 42.0 Å². The first kappa shape index (κ1) is 21.7. The highest BCUT2D eigenvalue weighted by atomic mass is 15.8. The summed E-state index contributed by atoms with van der Waals surface area (Å²) in [7, 11) is 0. The number of fused-ring (bicyclic) bond motifs is 1. The number of nitrogens with zero attached hydrogens (tertiary/aromatic N) is 4. The van der Waals surface area contributed by atoms with E-state index in [4.69, 9.17) is 0 Å². The van der Waals surface area contributed by atoms with E-state index in [2.05, 4.69) is 54.6 Å². The molecule has 0 bridgehead atoms. The highest BCUT2D eigenvalue weighted by molar-refractivity contribution is 5.73. The van der Waals surface area contributed by atoms with Crippen molar-refractivity contribution in [2.45, 2.75) is 79.1 Å². The smallest absolute Gasteiger partial charge is 0.115 e. The molecule has 27 heavy (non-hydrogen) atoms. The number of hydrogen-bond acceptors (Lipinski definition) is 4. The summed E-state index contributed by atoms with van der Waals surface area (Å²) >= 11 is 0. The minimum atomic E-state index is 0.718. The summed E-state index contributed by atoms with van der Waals surface area (Å²) in [6, 6.07) is 8.13. The molecule has 1 aromatic heterocycles. The maximum absolute atomic E-state index is 4.34. The Morgan fingerprint density at radius 2 is 1.52 bits per heavy atom. The predicted molar refractivity (Wildman–Crippen MR) is 115 cm³/mol. The predicted octanol–water partition coefficient (Wildman–Crippen LogP) is 5.62. The molecule has 2 unspecified atom stereocenters. The van der Waals surface area contributed by atoms with Crippen molar-refractivity contribution in [1.82, 2.24) is 20.1 Å². The Bertz CT molecular complexity index is 620. The summed E-state index contributed by atoms with van der Waals surface area (Å²) in [4.78, 5) is 1.84. The summed E-state index contributed by atoms with van der Waals surface area (Å²) in [5.74, 6) is 1.44. The molecule has 1 N–H and O–H groups in total. The van der Waals surface area contributed by atoms with E-state index in [0.717, 1.165) is 36.0 Å². The number of hydrazine groups is 1. The van der Waals surface area contributed by atoms with E-state index in [0.29, 0.717) is 0 Å². The van der Waals surface area contributed by atoms with Crippen LogP contribution in [0.25, 0.3) is 11.0 Å². The second-order valence-corrected chi connectivity index (χ2v) is 7.83. The highest BCUT2D eigenvalue weighted by Gasteiger charge is 2.18. The molecule has 2 atom stereocenters. The van der Waals surface area contributed by atoms with Crippen LogP contribution in [0.4, 0.5) is 0 Å². The van der Waals surface area contributed by atoms with Crippen molar-refractivity contribution in [1.29, 1.82) is 0 Å². The minimum Gasteiger partial charge on any atom is -0.238 e. The van der Waals surface area contributed by atoms with E-state index in [1.165, 1.54) is 51.4 Å². The molecule has 0 amide bonds. The van der Waals surface area contributed by atoms with Crippen LogP contribution in [0.2, 0.25) is 0 Å². The van der Waals surface area contributed by atoms with Gasteiger partial charge in [0.05, 0.1) is 0 Å². The SMILES string of the molecule is CCCCC(CC)CN(CC(CC)CCCC)Nn1nnc2ccccc21. The second-order valence-electron chi connectivity index (χ2n) is 7.83. The van der Waals surface area contributed by atoms with E-state index < -0.39 is 0 Å². The number of hydrogen-bond donors (Lipinski definition) is 1. The van der Waals surface area contributed by atoms with Crippen LogP contribution < -0.4 is 5.53 Å². The van der Waals surface area contributed by atoms with Gasteiger partial charge in [0.25, 0.3) is 0 Å². The van der Waals surface area contributed by atoms with E-state index in [9.17, 15) is 0 Å². The molecule has 0 fully saturated rings. The summed E-state index contributed by atoms with van der Waals surface area (Å²) < 4.78 is 0. The zero-order valence-electron chi connectivity index (χ0n) is 17.8. The van der Waals surface area contributed by atoms with Gasteiger partial charge in [0.15, 0.2) is 0 Å². The standard InChI is InChI=1S/C22H39N5/c1-5-9-13-19(7-3)17-26(18-20(8-4)14-10-6-2)25-27-22-16-12-11-15-21(22)23-24-27/h11-12,15-16,19-20,25H,5-10,13-14,17-18H2,1-4H3. The lowest BCUT2D eigenvalue weighted by Gasteiger charge is -2.31. The van der Waals surface area contributed by atoms with Gasteiger partial charge in [-0.25, -0.2) is 10.5 Å². The molecule has 0 saturated carbocycles. The molecule has 5 heteroatoms. The van der Waals surface area contributed by atoms with Crippen molar-refractivity contribution in [2.75, 3.05) is 18.6 Å². The number of unbranched alkanes of at least 4 members (excludes halogenated alkanes) is 2. The van der Waals surface area contributed by atoms with Crippen LogP contribution in [-0.4, -0.2) is 33.2 Å². The van der Waals surface area contributed by atoms with E-state index in [1.807, 2.05) is 23.0 Å². The molecule has 0 aliphatic carbocycles. The Hall–Kier alpha value is -1.62. The molecule has 2 rings (SSSR count). The Kier molecular flexibility index (Phi) is 9.60. The lowest BCUT2D eigenvalue weighted by atomic mass is 9.96. The third-order valence-electron chi connectivity index (χ3n) is 5.63. The molecule has 152 valence electrons. The number of rotatable bonds is 14. The largest absolute Gasteiger partial charge is 0.238 e. The first-order valence-corrected chi connectivity index (χ1v) is 11.0. The van der Waals surface area contributed by atoms with Gasteiger partial charge in [-0.1, -0.05) is 78.4 Å². The van der Waals surface area contributed by atoms with Crippen LogP contribution in [-0.2, 0) is 0 Å². The van der Waals surface area contributed by atoms with Gasteiger partial charge in [-0.2, -0.15) is 0 Å². The maximum Gasteiger partial charge on any atom is 0.115 e. The molecule has 0 radical (unpaired) electrons. The van der Waals surface area contributed by atoms with Crippen LogP contribution in [0.3, 0.4) is 0 Å². The van der Waals surface area contributed by atoms with Gasteiger partial charge in [-0.3, -0.25) is 0 Å². The lowest BCUT2D eigenvalue weighted by molar-refractivity contribution is 0.188. The van der Waals surface area contributed by atoms with E-state index >= 15 is 0 Å². The third-order valence-corrected chi connectivity index (χ3v) is 5.63. The van der Waals surface area contributed by atoms with Crippen LogP contribution in [0.5, 0.6) is 0 Å². The monoisotopic (exact) mass is 373 g/mol. The van der Waals surface area contributed by atoms with Crippen LogP contribution >= 0.6 is 0 Å². The van der Waals surface area contributed by atoms with Gasteiger partial charge < -0.3 is 0 Å². The van der Waals surface area contributed by atoms with Crippen molar-refractivity contribution in [3.63, 3.8) is 0 Å². The van der Waals surface area contributed by atoms with Gasteiger partial charge >= 0.3 is 0 Å². The van der Waals surface area contributed by atoms with Gasteiger partial charge in [0, 0.05) is 13.1 Å². The zero-order valence-corrected chi connectivity index (χ0v) is 17.8. The number of benzene rings is 1. The molecular formula is C22H39N5. The molecule has 0 aliphatic rings. The normalized spacial score (nSPS) is 14.0. The summed E-state index contributed by atoms with van der Waals surface area (Å²) in [5.41, 5.74) is 5.53. The molecule has 0 saturated heterocycles. The Morgan fingerprint density at radius 1 is 0.926 bits per heavy atom. The molecule has 0 aliphatic heterocycles. The fourth-order valence-corrected chi connectivity index (χ4v) is 3.69. The Morgan fingerprint density at radius 3 is 2.07 bits per heavy atom. The molecule has 1 heterocycles. The van der Waals surface area contributed by atoms with Crippen molar-refractivity contribution in [2.24, 2.45) is 11.8 Å². The number of para-hydroxylation sites is 1. The highest BCUT2D eigenvalue weighted by Crippen LogP contribution is 2.19. The molecule has 2 aromatic rings. The molecule has 5 nitrogen and oxygen atoms in total. The molecule has 0 spiro atoms. The van der Waals surface area contributed by atoms with E-state index in [1.54, 1.807) is 0 Å². The minimum absolute atomic E-state index is 0.718. The van der Waals surface area contributed by atoms with E-state index in [-0.39, 0.29) is 0 Å². The average molecular weight is 374 g/mol. The fourth-order valence-electron chi connectivity index (χ4n) is 3.69. The quantitative estimate of drug-likeness (QED) is 0.436. The molecular weight excluding hydrogens is 334 g/mol. The zero-order chi connectivity index (χ0) is 19.5.